The lowest BCUT2D eigenvalue weighted by atomic mass is 10.1. The highest BCUT2D eigenvalue weighted by Gasteiger charge is 2.19. The largest absolute Gasteiger partial charge is 0.465 e. The zero-order valence-electron chi connectivity index (χ0n) is 11.7. The minimum absolute atomic E-state index is 0.288. The molecule has 0 bridgehead atoms. The summed E-state index contributed by atoms with van der Waals surface area (Å²) in [5, 5.41) is 6.66. The predicted molar refractivity (Wildman–Crippen MR) is 76.7 cm³/mol. The van der Waals surface area contributed by atoms with Gasteiger partial charge in [0.15, 0.2) is 0 Å². The molecule has 1 N–H and O–H groups in total. The molecule has 0 atom stereocenters. The molecule has 1 aromatic heterocycles. The number of benzene rings is 1. The van der Waals surface area contributed by atoms with Crippen LogP contribution in [0.4, 0.5) is 5.69 Å². The van der Waals surface area contributed by atoms with Crippen molar-refractivity contribution in [2.24, 2.45) is 0 Å². The van der Waals surface area contributed by atoms with Crippen molar-refractivity contribution >= 4 is 29.2 Å². The summed E-state index contributed by atoms with van der Waals surface area (Å²) >= 11 is 6.02. The Morgan fingerprint density at radius 3 is 2.62 bits per heavy atom. The maximum Gasteiger partial charge on any atom is 0.337 e. The van der Waals surface area contributed by atoms with Gasteiger partial charge in [0, 0.05) is 0 Å². The van der Waals surface area contributed by atoms with Crippen LogP contribution in [0, 0.1) is 13.8 Å². The second-order valence-electron chi connectivity index (χ2n) is 4.34. The van der Waals surface area contributed by atoms with Crippen LogP contribution in [0.3, 0.4) is 0 Å². The lowest BCUT2D eigenvalue weighted by Gasteiger charge is -2.08. The van der Waals surface area contributed by atoms with Crippen molar-refractivity contribution in [3.8, 4) is 0 Å². The molecule has 0 spiro atoms. The van der Waals surface area contributed by atoms with Crippen LogP contribution in [0.5, 0.6) is 0 Å². The molecule has 1 amide bonds. The van der Waals surface area contributed by atoms with Crippen LogP contribution in [-0.4, -0.2) is 24.1 Å². The number of halogens is 1. The number of ether oxygens (including phenoxy) is 1. The van der Waals surface area contributed by atoms with Crippen LogP contribution in [0.1, 0.15) is 32.2 Å². The van der Waals surface area contributed by atoms with E-state index >= 15 is 0 Å². The normalized spacial score (nSPS) is 10.3. The van der Waals surface area contributed by atoms with E-state index in [2.05, 4.69) is 15.2 Å². The van der Waals surface area contributed by atoms with Gasteiger partial charge in [-0.3, -0.25) is 4.79 Å². The van der Waals surface area contributed by atoms with E-state index in [9.17, 15) is 9.59 Å². The number of anilines is 1. The maximum absolute atomic E-state index is 12.2. The number of amides is 1. The SMILES string of the molecule is COC(=O)c1ccc(Cl)c(NC(=O)c2c(C)noc2C)c1. The Balaban J connectivity index is 2.31. The third kappa shape index (κ3) is 3.05. The number of rotatable bonds is 3. The van der Waals surface area contributed by atoms with Crippen LogP contribution < -0.4 is 5.32 Å². The summed E-state index contributed by atoms with van der Waals surface area (Å²) in [5.74, 6) is -0.514. The number of nitrogens with one attached hydrogen (secondary N) is 1. The second-order valence-corrected chi connectivity index (χ2v) is 4.75. The number of hydrogen-bond donors (Lipinski definition) is 1. The summed E-state index contributed by atoms with van der Waals surface area (Å²) in [6.07, 6.45) is 0. The number of aromatic nitrogens is 1. The van der Waals surface area contributed by atoms with E-state index in [0.29, 0.717) is 27.7 Å². The molecule has 6 nitrogen and oxygen atoms in total. The molecule has 0 saturated carbocycles. The van der Waals surface area contributed by atoms with E-state index in [1.54, 1.807) is 13.8 Å². The topological polar surface area (TPSA) is 81.4 Å². The first-order valence-electron chi connectivity index (χ1n) is 6.06. The van der Waals surface area contributed by atoms with E-state index in [4.69, 9.17) is 16.1 Å². The van der Waals surface area contributed by atoms with E-state index in [1.807, 2.05) is 0 Å². The summed E-state index contributed by atoms with van der Waals surface area (Å²) < 4.78 is 9.57. The van der Waals surface area contributed by atoms with Gasteiger partial charge in [0.05, 0.1) is 29.1 Å². The molecule has 2 rings (SSSR count). The quantitative estimate of drug-likeness (QED) is 0.881. The van der Waals surface area contributed by atoms with Gasteiger partial charge in [-0.15, -0.1) is 0 Å². The number of hydrogen-bond acceptors (Lipinski definition) is 5. The molecule has 0 aliphatic carbocycles. The van der Waals surface area contributed by atoms with Gasteiger partial charge in [0.1, 0.15) is 11.3 Å². The number of aryl methyl sites for hydroxylation is 2. The summed E-state index contributed by atoms with van der Waals surface area (Å²) in [4.78, 5) is 23.7. The molecule has 21 heavy (non-hydrogen) atoms. The Morgan fingerprint density at radius 2 is 2.05 bits per heavy atom. The van der Waals surface area contributed by atoms with Crippen molar-refractivity contribution in [2.75, 3.05) is 12.4 Å². The molecular weight excluding hydrogens is 296 g/mol. The Kier molecular flexibility index (Phi) is 4.28. The van der Waals surface area contributed by atoms with Crippen LogP contribution in [0.15, 0.2) is 22.7 Å². The highest BCUT2D eigenvalue weighted by Crippen LogP contribution is 2.25. The monoisotopic (exact) mass is 308 g/mol. The number of esters is 1. The van der Waals surface area contributed by atoms with Gasteiger partial charge in [-0.25, -0.2) is 4.79 Å². The van der Waals surface area contributed by atoms with Gasteiger partial charge in [0.25, 0.3) is 5.91 Å². The van der Waals surface area contributed by atoms with Crippen LogP contribution in [-0.2, 0) is 4.74 Å². The van der Waals surface area contributed by atoms with Crippen molar-refractivity contribution in [2.45, 2.75) is 13.8 Å². The molecule has 0 fully saturated rings. The van der Waals surface area contributed by atoms with Gasteiger partial charge in [0.2, 0.25) is 0 Å². The van der Waals surface area contributed by atoms with Crippen LogP contribution >= 0.6 is 11.6 Å². The fourth-order valence-electron chi connectivity index (χ4n) is 1.86. The maximum atomic E-state index is 12.2. The standard InChI is InChI=1S/C14H13ClN2O4/c1-7-12(8(2)21-17-7)13(18)16-11-6-9(14(19)20-3)4-5-10(11)15/h4-6H,1-3H3,(H,16,18). The molecule has 0 unspecified atom stereocenters. The van der Waals surface area contributed by atoms with Crippen molar-refractivity contribution in [3.63, 3.8) is 0 Å². The summed E-state index contributed by atoms with van der Waals surface area (Å²) in [6.45, 7) is 3.30. The average molecular weight is 309 g/mol. The second kappa shape index (κ2) is 5.97. The van der Waals surface area contributed by atoms with Crippen molar-refractivity contribution in [1.29, 1.82) is 0 Å². The van der Waals surface area contributed by atoms with Gasteiger partial charge < -0.3 is 14.6 Å². The third-order valence-electron chi connectivity index (χ3n) is 2.90. The number of nitrogens with zero attached hydrogens (tertiary/aromatic N) is 1. The van der Waals surface area contributed by atoms with E-state index in [0.717, 1.165) is 0 Å². The molecule has 2 aromatic rings. The summed E-state index contributed by atoms with van der Waals surface area (Å²) in [6, 6.07) is 4.47. The lowest BCUT2D eigenvalue weighted by Crippen LogP contribution is -2.14. The third-order valence-corrected chi connectivity index (χ3v) is 3.23. The van der Waals surface area contributed by atoms with Crippen LogP contribution in [0.2, 0.25) is 5.02 Å². The lowest BCUT2D eigenvalue weighted by molar-refractivity contribution is 0.0600. The Bertz CT molecular complexity index is 689. The van der Waals surface area contributed by atoms with E-state index < -0.39 is 11.9 Å². The molecule has 7 heteroatoms. The minimum atomic E-state index is -0.514. The first-order valence-corrected chi connectivity index (χ1v) is 6.44. The molecule has 1 heterocycles. The van der Waals surface area contributed by atoms with Gasteiger partial charge in [-0.2, -0.15) is 0 Å². The fourth-order valence-corrected chi connectivity index (χ4v) is 2.02. The fraction of sp³-hybridized carbons (Fsp3) is 0.214. The molecule has 0 aliphatic rings. The Hall–Kier alpha value is -2.34. The number of methoxy groups -OCH3 is 1. The Morgan fingerprint density at radius 1 is 1.33 bits per heavy atom. The molecule has 0 radical (unpaired) electrons. The highest BCUT2D eigenvalue weighted by molar-refractivity contribution is 6.34. The highest BCUT2D eigenvalue weighted by atomic mass is 35.5. The van der Waals surface area contributed by atoms with Gasteiger partial charge in [-0.05, 0) is 32.0 Å². The van der Waals surface area contributed by atoms with Crippen LogP contribution in [0.25, 0.3) is 0 Å². The van der Waals surface area contributed by atoms with Gasteiger partial charge >= 0.3 is 5.97 Å². The average Bonchev–Trinajstić information content (AvgIpc) is 2.79. The minimum Gasteiger partial charge on any atom is -0.465 e. The first-order chi connectivity index (χ1) is 9.93. The predicted octanol–water partition coefficient (Wildman–Crippen LogP) is 2.98. The smallest absolute Gasteiger partial charge is 0.337 e. The van der Waals surface area contributed by atoms with Crippen molar-refractivity contribution < 1.29 is 18.8 Å². The van der Waals surface area contributed by atoms with Crippen molar-refractivity contribution in [3.05, 3.63) is 45.8 Å². The van der Waals surface area contributed by atoms with Crippen molar-refractivity contribution in [1.82, 2.24) is 5.16 Å². The number of carbonyl (C=O) groups excluding carboxylic acids is 2. The molecule has 110 valence electrons. The molecule has 0 saturated heterocycles. The van der Waals surface area contributed by atoms with E-state index in [1.165, 1.54) is 25.3 Å². The summed E-state index contributed by atoms with van der Waals surface area (Å²) in [7, 11) is 1.28. The molecule has 0 aliphatic heterocycles. The number of carbonyl (C=O) groups is 2. The summed E-state index contributed by atoms with van der Waals surface area (Å²) in [5.41, 5.74) is 1.42. The van der Waals surface area contributed by atoms with E-state index in [-0.39, 0.29) is 5.56 Å². The molecular formula is C14H13ClN2O4. The van der Waals surface area contributed by atoms with Gasteiger partial charge in [-0.1, -0.05) is 16.8 Å². The zero-order chi connectivity index (χ0) is 15.6. The zero-order valence-corrected chi connectivity index (χ0v) is 12.4. The first kappa shape index (κ1) is 15.1. The Labute approximate surface area is 126 Å². The molecule has 1 aromatic carbocycles.